The molecule has 0 amide bonds. The zero-order valence-electron chi connectivity index (χ0n) is 13.3. The summed E-state index contributed by atoms with van der Waals surface area (Å²) in [5.74, 6) is -0.747. The van der Waals surface area contributed by atoms with Gasteiger partial charge in [-0.25, -0.2) is 18.1 Å². The van der Waals surface area contributed by atoms with Gasteiger partial charge in [0.25, 0.3) is 6.43 Å². The predicted octanol–water partition coefficient (Wildman–Crippen LogP) is 3.69. The van der Waals surface area contributed by atoms with E-state index in [1.54, 1.807) is 0 Å². The Kier molecular flexibility index (Phi) is 5.53. The average Bonchev–Trinajstić information content (AvgIpc) is 2.77. The lowest BCUT2D eigenvalue weighted by molar-refractivity contribution is 0.0758. The highest BCUT2D eigenvalue weighted by Crippen LogP contribution is 2.28. The van der Waals surface area contributed by atoms with Crippen molar-refractivity contribution < 1.29 is 13.6 Å². The average molecular weight is 314 g/mol. The maximum Gasteiger partial charge on any atom is 0.335 e. The monoisotopic (exact) mass is 314 g/mol. The third-order valence-corrected chi connectivity index (χ3v) is 4.57. The lowest BCUT2D eigenvalue weighted by Gasteiger charge is -2.20. The third-order valence-electron chi connectivity index (χ3n) is 4.57. The van der Waals surface area contributed by atoms with Crippen LogP contribution in [0.4, 0.5) is 8.78 Å². The van der Waals surface area contributed by atoms with Crippen molar-refractivity contribution in [3.63, 3.8) is 0 Å². The summed E-state index contributed by atoms with van der Waals surface area (Å²) >= 11 is 0. The van der Waals surface area contributed by atoms with Crippen molar-refractivity contribution in [3.8, 4) is 0 Å². The molecule has 0 aliphatic heterocycles. The molecule has 1 aromatic heterocycles. The Hall–Kier alpha value is -1.46. The number of carbonyl (C=O) groups is 1. The Balaban J connectivity index is 2.45. The molecule has 0 radical (unpaired) electrons. The Morgan fingerprint density at radius 1 is 1.27 bits per heavy atom. The van der Waals surface area contributed by atoms with Crippen LogP contribution in [0, 0.1) is 5.92 Å². The summed E-state index contributed by atoms with van der Waals surface area (Å²) in [7, 11) is 1.48. The van der Waals surface area contributed by atoms with Crippen molar-refractivity contribution >= 4 is 5.91 Å². The van der Waals surface area contributed by atoms with Crippen LogP contribution in [-0.4, -0.2) is 15.0 Å². The Morgan fingerprint density at radius 2 is 1.91 bits per heavy atom. The van der Waals surface area contributed by atoms with E-state index in [1.165, 1.54) is 11.6 Å². The highest BCUT2D eigenvalue weighted by Gasteiger charge is 2.32. The molecule has 1 aliphatic carbocycles. The quantitative estimate of drug-likeness (QED) is 0.832. The van der Waals surface area contributed by atoms with Crippen LogP contribution in [0.2, 0.25) is 0 Å². The van der Waals surface area contributed by atoms with E-state index in [0.29, 0.717) is 31.4 Å². The molecule has 6 heteroatoms. The van der Waals surface area contributed by atoms with Crippen LogP contribution in [0.1, 0.15) is 74.5 Å². The topological polar surface area (TPSA) is 44.0 Å². The molecule has 0 spiro atoms. The number of hydrogen-bond acceptors (Lipinski definition) is 2. The number of imidazole rings is 1. The van der Waals surface area contributed by atoms with Crippen molar-refractivity contribution in [2.75, 3.05) is 0 Å². The van der Waals surface area contributed by atoms with Crippen LogP contribution in [0.25, 0.3) is 0 Å². The van der Waals surface area contributed by atoms with E-state index in [2.05, 4.69) is 0 Å². The van der Waals surface area contributed by atoms with Gasteiger partial charge >= 0.3 is 5.69 Å². The zero-order chi connectivity index (χ0) is 16.3. The lowest BCUT2D eigenvalue weighted by Crippen LogP contribution is -2.34. The number of hydrogen-bond donors (Lipinski definition) is 0. The van der Waals surface area contributed by atoms with E-state index in [-0.39, 0.29) is 5.92 Å². The fourth-order valence-electron chi connectivity index (χ4n) is 3.28. The van der Waals surface area contributed by atoms with Crippen LogP contribution in [0.3, 0.4) is 0 Å². The summed E-state index contributed by atoms with van der Waals surface area (Å²) in [6.07, 6.45) is 3.43. The van der Waals surface area contributed by atoms with Crippen LogP contribution in [0.15, 0.2) is 4.79 Å². The summed E-state index contributed by atoms with van der Waals surface area (Å²) in [5.41, 5.74) is -0.723. The van der Waals surface area contributed by atoms with Crippen LogP contribution in [-0.2, 0) is 13.5 Å². The first-order chi connectivity index (χ1) is 10.5. The van der Waals surface area contributed by atoms with Gasteiger partial charge in [-0.3, -0.25) is 9.36 Å². The van der Waals surface area contributed by atoms with Gasteiger partial charge in [-0.05, 0) is 25.7 Å². The zero-order valence-corrected chi connectivity index (χ0v) is 13.3. The molecule has 0 bridgehead atoms. The molecular formula is C16H24F2N2O2. The highest BCUT2D eigenvalue weighted by molar-refractivity contribution is 5.82. The molecule has 1 heterocycles. The van der Waals surface area contributed by atoms with Crippen LogP contribution in [0.5, 0.6) is 0 Å². The van der Waals surface area contributed by atoms with Crippen molar-refractivity contribution in [3.05, 3.63) is 21.9 Å². The van der Waals surface area contributed by atoms with Crippen LogP contribution >= 0.6 is 0 Å². The van der Waals surface area contributed by atoms with Gasteiger partial charge in [0.2, 0.25) is 5.91 Å². The highest BCUT2D eigenvalue weighted by atomic mass is 19.3. The predicted molar refractivity (Wildman–Crippen MR) is 80.4 cm³/mol. The summed E-state index contributed by atoms with van der Waals surface area (Å²) < 4.78 is 29.0. The standard InChI is InChI=1S/C16H24F2N2O2/c1-3-4-10-12-13(14(17)18)20(16(22)19(12)2)15(21)11-8-6-5-7-9-11/h11,14H,3-10H2,1-2H3. The molecule has 0 N–H and O–H groups in total. The lowest BCUT2D eigenvalue weighted by atomic mass is 9.88. The Labute approximate surface area is 129 Å². The van der Waals surface area contributed by atoms with Gasteiger partial charge < -0.3 is 0 Å². The maximum atomic E-state index is 13.5. The first-order valence-electron chi connectivity index (χ1n) is 8.11. The molecule has 1 fully saturated rings. The summed E-state index contributed by atoms with van der Waals surface area (Å²) in [6.45, 7) is 1.96. The van der Waals surface area contributed by atoms with E-state index in [0.717, 1.165) is 30.3 Å². The van der Waals surface area contributed by atoms with Crippen molar-refractivity contribution in [2.24, 2.45) is 13.0 Å². The van der Waals surface area contributed by atoms with Gasteiger partial charge in [-0.1, -0.05) is 32.6 Å². The molecule has 1 aliphatic rings. The maximum absolute atomic E-state index is 13.5. The van der Waals surface area contributed by atoms with Crippen molar-refractivity contribution in [1.29, 1.82) is 0 Å². The second-order valence-corrected chi connectivity index (χ2v) is 6.09. The molecule has 124 valence electrons. The molecule has 22 heavy (non-hydrogen) atoms. The number of alkyl halides is 2. The van der Waals surface area contributed by atoms with Gasteiger partial charge in [0, 0.05) is 18.7 Å². The second kappa shape index (κ2) is 7.20. The summed E-state index contributed by atoms with van der Waals surface area (Å²) in [5, 5.41) is 0. The Bertz CT molecular complexity index is 584. The Morgan fingerprint density at radius 3 is 2.45 bits per heavy atom. The first kappa shape index (κ1) is 16.9. The normalized spacial score (nSPS) is 16.4. The fourth-order valence-corrected chi connectivity index (χ4v) is 3.28. The number of unbranched alkanes of at least 4 members (excludes halogenated alkanes) is 1. The van der Waals surface area contributed by atoms with E-state index in [1.807, 2.05) is 6.92 Å². The van der Waals surface area contributed by atoms with Crippen molar-refractivity contribution in [2.45, 2.75) is 64.7 Å². The molecule has 1 aromatic rings. The molecule has 2 rings (SSSR count). The summed E-state index contributed by atoms with van der Waals surface area (Å²) in [4.78, 5) is 24.9. The smallest absolute Gasteiger partial charge is 0.299 e. The van der Waals surface area contributed by atoms with Gasteiger partial charge in [0.05, 0.1) is 0 Å². The fraction of sp³-hybridized carbons (Fsp3) is 0.750. The van der Waals surface area contributed by atoms with Gasteiger partial charge in [-0.15, -0.1) is 0 Å². The second-order valence-electron chi connectivity index (χ2n) is 6.09. The number of carbonyl (C=O) groups excluding carboxylic acids is 1. The molecule has 4 nitrogen and oxygen atoms in total. The molecular weight excluding hydrogens is 290 g/mol. The van der Waals surface area contributed by atoms with Gasteiger partial charge in [0.15, 0.2) is 0 Å². The van der Waals surface area contributed by atoms with E-state index >= 15 is 0 Å². The molecule has 0 atom stereocenters. The van der Waals surface area contributed by atoms with E-state index < -0.39 is 23.7 Å². The number of nitrogens with zero attached hydrogens (tertiary/aromatic N) is 2. The minimum Gasteiger partial charge on any atom is -0.299 e. The SMILES string of the molecule is CCCCc1c(C(F)F)n(C(=O)C2CCCCC2)c(=O)n1C. The minimum atomic E-state index is -2.81. The van der Waals surface area contributed by atoms with E-state index in [9.17, 15) is 18.4 Å². The molecule has 0 saturated heterocycles. The largest absolute Gasteiger partial charge is 0.335 e. The first-order valence-corrected chi connectivity index (χ1v) is 8.11. The minimum absolute atomic E-state index is 0.297. The third kappa shape index (κ3) is 3.15. The molecule has 1 saturated carbocycles. The van der Waals surface area contributed by atoms with E-state index in [4.69, 9.17) is 0 Å². The molecule has 0 unspecified atom stereocenters. The number of rotatable bonds is 5. The van der Waals surface area contributed by atoms with Crippen LogP contribution < -0.4 is 5.69 Å². The number of halogens is 2. The summed E-state index contributed by atoms with van der Waals surface area (Å²) in [6, 6.07) is 0. The van der Waals surface area contributed by atoms with Gasteiger partial charge in [-0.2, -0.15) is 0 Å². The van der Waals surface area contributed by atoms with Gasteiger partial charge in [0.1, 0.15) is 5.69 Å². The number of aromatic nitrogens is 2. The van der Waals surface area contributed by atoms with Crippen molar-refractivity contribution in [1.82, 2.24) is 9.13 Å². The molecule has 0 aromatic carbocycles.